The van der Waals surface area contributed by atoms with Crippen LogP contribution in [0.1, 0.15) is 35.2 Å². The van der Waals surface area contributed by atoms with Gasteiger partial charge in [0.2, 0.25) is 11.8 Å². The second kappa shape index (κ2) is 11.5. The van der Waals surface area contributed by atoms with Crippen LogP contribution in [0.25, 0.3) is 10.2 Å². The molecule has 0 atom stereocenters. The Morgan fingerprint density at radius 2 is 1.79 bits per heavy atom. The van der Waals surface area contributed by atoms with E-state index >= 15 is 0 Å². The number of likely N-dealkylation sites (N-methyl/N-ethyl adjacent to an activating group) is 1. The molecule has 2 fully saturated rings. The molecule has 4 heterocycles. The van der Waals surface area contributed by atoms with E-state index < -0.39 is 0 Å². The van der Waals surface area contributed by atoms with Crippen molar-refractivity contribution < 1.29 is 14.3 Å². The third-order valence-corrected chi connectivity index (χ3v) is 9.70. The quantitative estimate of drug-likeness (QED) is 0.299. The normalized spacial score (nSPS) is 18.4. The summed E-state index contributed by atoms with van der Waals surface area (Å²) in [6.45, 7) is 6.75. The van der Waals surface area contributed by atoms with Gasteiger partial charge in [-0.1, -0.05) is 12.1 Å². The molecule has 2 aromatic carbocycles. The fraction of sp³-hybridized carbons (Fsp3) is 0.406. The van der Waals surface area contributed by atoms with Gasteiger partial charge < -0.3 is 24.6 Å². The first-order valence-electron chi connectivity index (χ1n) is 14.8. The molecule has 9 nitrogen and oxygen atoms in total. The van der Waals surface area contributed by atoms with Crippen LogP contribution in [0, 0.1) is 0 Å². The van der Waals surface area contributed by atoms with Gasteiger partial charge in [0.25, 0.3) is 0 Å². The summed E-state index contributed by atoms with van der Waals surface area (Å²) in [5, 5.41) is 5.33. The number of piperazine rings is 1. The molecule has 0 unspecified atom stereocenters. The predicted molar refractivity (Wildman–Crippen MR) is 167 cm³/mol. The molecular formula is C32H36N6O3S. The van der Waals surface area contributed by atoms with Crippen molar-refractivity contribution >= 4 is 44.7 Å². The van der Waals surface area contributed by atoms with Crippen molar-refractivity contribution in [2.24, 2.45) is 0 Å². The van der Waals surface area contributed by atoms with Crippen molar-refractivity contribution in [3.63, 3.8) is 0 Å². The number of hydrogen-bond donors (Lipinski definition) is 1. The fourth-order valence-corrected chi connectivity index (χ4v) is 7.16. The van der Waals surface area contributed by atoms with E-state index in [0.717, 1.165) is 65.5 Å². The summed E-state index contributed by atoms with van der Waals surface area (Å²) in [6.07, 6.45) is 3.63. The van der Waals surface area contributed by atoms with Gasteiger partial charge in [-0.2, -0.15) is 4.98 Å². The third-order valence-electron chi connectivity index (χ3n) is 8.81. The minimum absolute atomic E-state index is 0.115. The predicted octanol–water partition coefficient (Wildman–Crippen LogP) is 5.58. The maximum atomic E-state index is 12.6. The van der Waals surface area contributed by atoms with Crippen molar-refractivity contribution in [1.29, 1.82) is 0 Å². The van der Waals surface area contributed by atoms with Crippen molar-refractivity contribution in [1.82, 2.24) is 19.8 Å². The Morgan fingerprint density at radius 3 is 2.60 bits per heavy atom. The van der Waals surface area contributed by atoms with Crippen LogP contribution in [-0.4, -0.2) is 85.0 Å². The molecule has 0 saturated carbocycles. The number of piperidine rings is 1. The first-order valence-corrected chi connectivity index (χ1v) is 15.6. The Labute approximate surface area is 250 Å². The van der Waals surface area contributed by atoms with Crippen LogP contribution in [0.15, 0.2) is 47.8 Å². The molecule has 218 valence electrons. The first kappa shape index (κ1) is 27.1. The molecule has 1 N–H and O–H groups in total. The second-order valence-electron chi connectivity index (χ2n) is 11.4. The van der Waals surface area contributed by atoms with Crippen LogP contribution in [0.2, 0.25) is 0 Å². The molecular weight excluding hydrogens is 548 g/mol. The highest BCUT2D eigenvalue weighted by atomic mass is 32.1. The van der Waals surface area contributed by atoms with Crippen LogP contribution in [-0.2, 0) is 6.42 Å². The van der Waals surface area contributed by atoms with Gasteiger partial charge in [-0.05, 0) is 61.5 Å². The van der Waals surface area contributed by atoms with Gasteiger partial charge in [0.1, 0.15) is 16.2 Å². The highest BCUT2D eigenvalue weighted by molar-refractivity contribution is 7.17. The number of aryl methyl sites for hydroxylation is 1. The molecule has 2 saturated heterocycles. The molecule has 2 aromatic heterocycles. The molecule has 2 aliphatic heterocycles. The number of carbonyl (C=O) groups is 1. The fourth-order valence-electron chi connectivity index (χ4n) is 6.40. The lowest BCUT2D eigenvalue weighted by Gasteiger charge is -2.42. The summed E-state index contributed by atoms with van der Waals surface area (Å²) in [6, 6.07) is 14.7. The summed E-state index contributed by atoms with van der Waals surface area (Å²) in [7, 11) is 3.90. The lowest BCUT2D eigenvalue weighted by molar-refractivity contribution is 0.0982. The van der Waals surface area contributed by atoms with Crippen molar-refractivity contribution in [2.45, 2.75) is 31.7 Å². The number of ketones is 1. The maximum absolute atomic E-state index is 12.6. The molecule has 7 rings (SSSR count). The number of aromatic nitrogens is 2. The first-order chi connectivity index (χ1) is 20.6. The summed E-state index contributed by atoms with van der Waals surface area (Å²) in [5.74, 6) is 2.24. The van der Waals surface area contributed by atoms with Gasteiger partial charge >= 0.3 is 0 Å². The molecule has 1 aliphatic carbocycles. The van der Waals surface area contributed by atoms with E-state index in [0.29, 0.717) is 35.6 Å². The van der Waals surface area contributed by atoms with E-state index in [4.69, 9.17) is 19.4 Å². The highest BCUT2D eigenvalue weighted by Crippen LogP contribution is 2.38. The van der Waals surface area contributed by atoms with Gasteiger partial charge in [0.05, 0.1) is 23.9 Å². The largest absolute Gasteiger partial charge is 0.494 e. The number of rotatable bonds is 7. The average Bonchev–Trinajstić information content (AvgIpc) is 3.65. The minimum atomic E-state index is 0.115. The van der Waals surface area contributed by atoms with Crippen LogP contribution >= 0.6 is 11.3 Å². The second-order valence-corrected chi connectivity index (χ2v) is 12.3. The van der Waals surface area contributed by atoms with E-state index in [2.05, 4.69) is 39.2 Å². The summed E-state index contributed by atoms with van der Waals surface area (Å²) < 4.78 is 13.0. The molecule has 0 bridgehead atoms. The zero-order valence-corrected chi connectivity index (χ0v) is 25.0. The lowest BCUT2D eigenvalue weighted by Crippen LogP contribution is -2.52. The Balaban J connectivity index is 1.09. The molecule has 4 aromatic rings. The van der Waals surface area contributed by atoms with Crippen LogP contribution in [0.4, 0.5) is 17.3 Å². The summed E-state index contributed by atoms with van der Waals surface area (Å²) in [4.78, 5) is 29.6. The topological polar surface area (TPSA) is 83.1 Å². The highest BCUT2D eigenvalue weighted by Gasteiger charge is 2.28. The summed E-state index contributed by atoms with van der Waals surface area (Å²) >= 11 is 1.52. The molecule has 0 amide bonds. The molecule has 42 heavy (non-hydrogen) atoms. The van der Waals surface area contributed by atoms with E-state index in [9.17, 15) is 4.79 Å². The number of Topliss-reactive ketones (excluding diaryl/α,β-unsaturated/α-hetero) is 1. The number of anilines is 3. The molecule has 0 radical (unpaired) electrons. The number of ether oxygens (including phenoxy) is 2. The smallest absolute Gasteiger partial charge is 0.242 e. The summed E-state index contributed by atoms with van der Waals surface area (Å²) in [5.41, 5.74) is 4.42. The number of thiophene rings is 1. The lowest BCUT2D eigenvalue weighted by atomic mass is 10.0. The van der Waals surface area contributed by atoms with Crippen LogP contribution < -0.4 is 19.7 Å². The number of methoxy groups -OCH3 is 1. The Hall–Kier alpha value is -3.73. The number of fused-ring (bicyclic) bond motifs is 2. The van der Waals surface area contributed by atoms with Crippen LogP contribution in [0.3, 0.4) is 0 Å². The van der Waals surface area contributed by atoms with E-state index in [1.165, 1.54) is 37.3 Å². The number of carbonyl (C=O) groups excluding carboxylic acids is 1. The van der Waals surface area contributed by atoms with Gasteiger partial charge in [-0.15, -0.1) is 11.3 Å². The van der Waals surface area contributed by atoms with E-state index in [-0.39, 0.29) is 5.78 Å². The Kier molecular flexibility index (Phi) is 7.43. The van der Waals surface area contributed by atoms with Gasteiger partial charge in [-0.25, -0.2) is 4.98 Å². The molecule has 3 aliphatic rings. The number of benzene rings is 2. The zero-order valence-electron chi connectivity index (χ0n) is 24.1. The minimum Gasteiger partial charge on any atom is -0.494 e. The third kappa shape index (κ3) is 5.30. The van der Waals surface area contributed by atoms with Crippen molar-refractivity contribution in [3.8, 4) is 17.4 Å². The standard InChI is InChI=1S/C32H36N6O3S/c1-36-15-17-38(18-16-36)22-10-13-37(14-11-22)23-7-8-24(28(20-23)40-2)33-32-34-25-12-19-42-30(25)31(35-32)41-27-5-3-4-21-6-9-26(39)29(21)27/h3-5,7-8,12,19-20,22H,6,9-11,13-18H2,1-2H3,(H,33,34,35). The number of hydrogen-bond acceptors (Lipinski definition) is 10. The SMILES string of the molecule is COc1cc(N2CCC(N3CCN(C)CC3)CC2)ccc1Nc1nc(Oc2cccc3c2C(=O)CC3)c2sccc2n1. The molecule has 0 spiro atoms. The monoisotopic (exact) mass is 584 g/mol. The van der Waals surface area contributed by atoms with Crippen molar-refractivity contribution in [3.05, 3.63) is 59.0 Å². The van der Waals surface area contributed by atoms with Gasteiger partial charge in [0, 0.05) is 63.5 Å². The Morgan fingerprint density at radius 1 is 0.952 bits per heavy atom. The maximum Gasteiger partial charge on any atom is 0.242 e. The Bertz CT molecular complexity index is 1610. The number of nitrogens with zero attached hydrogens (tertiary/aromatic N) is 5. The van der Waals surface area contributed by atoms with Gasteiger partial charge in [-0.3, -0.25) is 9.69 Å². The van der Waals surface area contributed by atoms with E-state index in [1.807, 2.05) is 35.7 Å². The van der Waals surface area contributed by atoms with Crippen LogP contribution in [0.5, 0.6) is 17.4 Å². The van der Waals surface area contributed by atoms with E-state index in [1.54, 1.807) is 7.11 Å². The number of nitrogens with one attached hydrogen (secondary N) is 1. The van der Waals surface area contributed by atoms with Gasteiger partial charge in [0.15, 0.2) is 5.78 Å². The molecule has 10 heteroatoms. The zero-order chi connectivity index (χ0) is 28.6. The van der Waals surface area contributed by atoms with Crippen molar-refractivity contribution in [2.75, 3.05) is 63.6 Å². The average molecular weight is 585 g/mol.